The van der Waals surface area contributed by atoms with Gasteiger partial charge in [0.1, 0.15) is 11.6 Å². The van der Waals surface area contributed by atoms with E-state index in [1.54, 1.807) is 25.3 Å². The number of aryl methyl sites for hydroxylation is 1. The van der Waals surface area contributed by atoms with Gasteiger partial charge in [-0.25, -0.2) is 8.78 Å². The molecule has 1 N–H and O–H groups in total. The van der Waals surface area contributed by atoms with Crippen LogP contribution in [0.25, 0.3) is 0 Å². The highest BCUT2D eigenvalue weighted by Gasteiger charge is 2.18. The third-order valence-corrected chi connectivity index (χ3v) is 3.26. The summed E-state index contributed by atoms with van der Waals surface area (Å²) in [5, 5.41) is 2.70. The molecule has 0 aliphatic carbocycles. The summed E-state index contributed by atoms with van der Waals surface area (Å²) in [5.74, 6) is -1.51. The number of ether oxygens (including phenoxy) is 2. The molecular formula is C17H17F2NO3. The summed E-state index contributed by atoms with van der Waals surface area (Å²) in [5.41, 5.74) is 1.42. The number of anilines is 1. The Kier molecular flexibility index (Phi) is 5.16. The van der Waals surface area contributed by atoms with E-state index in [1.807, 2.05) is 6.92 Å². The van der Waals surface area contributed by atoms with Crippen molar-refractivity contribution in [2.45, 2.75) is 20.0 Å². The van der Waals surface area contributed by atoms with Crippen molar-refractivity contribution in [2.24, 2.45) is 0 Å². The number of hydrogen-bond acceptors (Lipinski definition) is 3. The summed E-state index contributed by atoms with van der Waals surface area (Å²) in [6, 6.07) is 8.11. The van der Waals surface area contributed by atoms with Crippen LogP contribution in [-0.2, 0) is 4.79 Å². The van der Waals surface area contributed by atoms with Crippen molar-refractivity contribution in [1.82, 2.24) is 0 Å². The molecule has 23 heavy (non-hydrogen) atoms. The molecule has 6 heteroatoms. The maximum atomic E-state index is 13.5. The Hall–Kier alpha value is -2.63. The molecule has 4 nitrogen and oxygen atoms in total. The normalized spacial score (nSPS) is 11.7. The van der Waals surface area contributed by atoms with Gasteiger partial charge in [-0.1, -0.05) is 0 Å². The van der Waals surface area contributed by atoms with Gasteiger partial charge >= 0.3 is 0 Å². The van der Waals surface area contributed by atoms with Crippen molar-refractivity contribution < 1.29 is 23.0 Å². The molecule has 0 aromatic heterocycles. The Morgan fingerprint density at radius 1 is 1.17 bits per heavy atom. The van der Waals surface area contributed by atoms with Gasteiger partial charge in [-0.3, -0.25) is 4.79 Å². The van der Waals surface area contributed by atoms with Gasteiger partial charge < -0.3 is 14.8 Å². The van der Waals surface area contributed by atoms with E-state index in [0.29, 0.717) is 17.5 Å². The third kappa shape index (κ3) is 4.18. The number of hydrogen-bond donors (Lipinski definition) is 1. The molecule has 2 aromatic carbocycles. The molecule has 0 spiro atoms. The van der Waals surface area contributed by atoms with Gasteiger partial charge in [-0.2, -0.15) is 0 Å². The number of benzene rings is 2. The van der Waals surface area contributed by atoms with Crippen LogP contribution in [0.4, 0.5) is 14.5 Å². The molecule has 1 atom stereocenters. The zero-order valence-electron chi connectivity index (χ0n) is 13.0. The van der Waals surface area contributed by atoms with E-state index in [0.717, 1.165) is 17.7 Å². The van der Waals surface area contributed by atoms with Crippen molar-refractivity contribution in [1.29, 1.82) is 0 Å². The standard InChI is InChI=1S/C17H17F2NO3/c1-10-8-13(22-3)5-6-15(10)20-17(21)11(2)23-16-7-4-12(18)9-14(16)19/h4-9,11H,1-3H3,(H,20,21)/t11-/m0/s1. The van der Waals surface area contributed by atoms with Gasteiger partial charge in [0.25, 0.3) is 5.91 Å². The number of halogens is 2. The Labute approximate surface area is 133 Å². The average molecular weight is 321 g/mol. The van der Waals surface area contributed by atoms with Crippen molar-refractivity contribution in [2.75, 3.05) is 12.4 Å². The van der Waals surface area contributed by atoms with Gasteiger partial charge in [0.15, 0.2) is 17.7 Å². The first kappa shape index (κ1) is 16.7. The fourth-order valence-electron chi connectivity index (χ4n) is 1.95. The highest BCUT2D eigenvalue weighted by Crippen LogP contribution is 2.22. The first-order valence-corrected chi connectivity index (χ1v) is 6.98. The number of carbonyl (C=O) groups is 1. The first-order valence-electron chi connectivity index (χ1n) is 6.98. The van der Waals surface area contributed by atoms with E-state index in [2.05, 4.69) is 5.32 Å². The number of amides is 1. The van der Waals surface area contributed by atoms with E-state index in [9.17, 15) is 13.6 Å². The molecule has 0 heterocycles. The lowest BCUT2D eigenvalue weighted by atomic mass is 10.2. The Morgan fingerprint density at radius 2 is 1.91 bits per heavy atom. The molecule has 1 amide bonds. The van der Waals surface area contributed by atoms with Crippen LogP contribution in [0.15, 0.2) is 36.4 Å². The maximum absolute atomic E-state index is 13.5. The molecule has 2 rings (SSSR count). The van der Waals surface area contributed by atoms with Gasteiger partial charge in [0.05, 0.1) is 7.11 Å². The largest absolute Gasteiger partial charge is 0.497 e. The van der Waals surface area contributed by atoms with E-state index in [1.165, 1.54) is 6.92 Å². The lowest BCUT2D eigenvalue weighted by Crippen LogP contribution is -2.30. The average Bonchev–Trinajstić information content (AvgIpc) is 2.51. The van der Waals surface area contributed by atoms with Gasteiger partial charge in [0, 0.05) is 11.8 Å². The van der Waals surface area contributed by atoms with Crippen LogP contribution in [-0.4, -0.2) is 19.1 Å². The first-order chi connectivity index (χ1) is 10.9. The molecule has 0 unspecified atom stereocenters. The molecule has 0 aliphatic rings. The van der Waals surface area contributed by atoms with Crippen LogP contribution >= 0.6 is 0 Å². The van der Waals surface area contributed by atoms with Crippen molar-refractivity contribution in [3.8, 4) is 11.5 Å². The lowest BCUT2D eigenvalue weighted by molar-refractivity contribution is -0.122. The minimum atomic E-state index is -0.948. The van der Waals surface area contributed by atoms with Crippen LogP contribution < -0.4 is 14.8 Å². The van der Waals surface area contributed by atoms with E-state index in [4.69, 9.17) is 9.47 Å². The van der Waals surface area contributed by atoms with E-state index in [-0.39, 0.29) is 5.75 Å². The molecule has 2 aromatic rings. The molecule has 0 fully saturated rings. The van der Waals surface area contributed by atoms with Gasteiger partial charge in [0.2, 0.25) is 0 Å². The van der Waals surface area contributed by atoms with Crippen LogP contribution in [0.2, 0.25) is 0 Å². The molecule has 0 aliphatic heterocycles. The maximum Gasteiger partial charge on any atom is 0.265 e. The summed E-state index contributed by atoms with van der Waals surface area (Å²) in [6.45, 7) is 3.31. The highest BCUT2D eigenvalue weighted by atomic mass is 19.1. The topological polar surface area (TPSA) is 47.6 Å². The summed E-state index contributed by atoms with van der Waals surface area (Å²) in [6.07, 6.45) is -0.948. The zero-order chi connectivity index (χ0) is 17.0. The minimum absolute atomic E-state index is 0.180. The quantitative estimate of drug-likeness (QED) is 0.914. The number of methoxy groups -OCH3 is 1. The van der Waals surface area contributed by atoms with Crippen molar-refractivity contribution in [3.63, 3.8) is 0 Å². The Balaban J connectivity index is 2.05. The molecule has 0 saturated carbocycles. The van der Waals surface area contributed by atoms with Crippen LogP contribution in [0, 0.1) is 18.6 Å². The Morgan fingerprint density at radius 3 is 2.52 bits per heavy atom. The van der Waals surface area contributed by atoms with E-state index < -0.39 is 23.6 Å². The predicted molar refractivity (Wildman–Crippen MR) is 82.8 cm³/mol. The summed E-state index contributed by atoms with van der Waals surface area (Å²) in [7, 11) is 1.56. The zero-order valence-corrected chi connectivity index (χ0v) is 13.0. The van der Waals surface area contributed by atoms with E-state index >= 15 is 0 Å². The third-order valence-electron chi connectivity index (χ3n) is 3.26. The molecule has 122 valence electrons. The van der Waals surface area contributed by atoms with Crippen LogP contribution in [0.1, 0.15) is 12.5 Å². The monoisotopic (exact) mass is 321 g/mol. The van der Waals surface area contributed by atoms with Gasteiger partial charge in [-0.05, 0) is 49.7 Å². The van der Waals surface area contributed by atoms with Crippen LogP contribution in [0.5, 0.6) is 11.5 Å². The second-order valence-electron chi connectivity index (χ2n) is 5.00. The summed E-state index contributed by atoms with van der Waals surface area (Å²) < 4.78 is 36.7. The molecule has 0 radical (unpaired) electrons. The predicted octanol–water partition coefficient (Wildman–Crippen LogP) is 3.69. The van der Waals surface area contributed by atoms with Crippen molar-refractivity contribution >= 4 is 11.6 Å². The smallest absolute Gasteiger partial charge is 0.265 e. The van der Waals surface area contributed by atoms with Gasteiger partial charge in [-0.15, -0.1) is 0 Å². The minimum Gasteiger partial charge on any atom is -0.497 e. The second kappa shape index (κ2) is 7.09. The highest BCUT2D eigenvalue weighted by molar-refractivity contribution is 5.94. The fraction of sp³-hybridized carbons (Fsp3) is 0.235. The number of carbonyl (C=O) groups excluding carboxylic acids is 1. The lowest BCUT2D eigenvalue weighted by Gasteiger charge is -2.16. The summed E-state index contributed by atoms with van der Waals surface area (Å²) in [4.78, 5) is 12.1. The number of rotatable bonds is 5. The second-order valence-corrected chi connectivity index (χ2v) is 5.00. The Bertz CT molecular complexity index is 719. The van der Waals surface area contributed by atoms with Crippen LogP contribution in [0.3, 0.4) is 0 Å². The summed E-state index contributed by atoms with van der Waals surface area (Å²) >= 11 is 0. The molecule has 0 bridgehead atoms. The van der Waals surface area contributed by atoms with Crippen molar-refractivity contribution in [3.05, 3.63) is 53.6 Å². The SMILES string of the molecule is COc1ccc(NC(=O)[C@H](C)Oc2ccc(F)cc2F)c(C)c1. The molecule has 0 saturated heterocycles. The number of nitrogens with one attached hydrogen (secondary N) is 1. The molecular weight excluding hydrogens is 304 g/mol. The fourth-order valence-corrected chi connectivity index (χ4v) is 1.95.